The highest BCUT2D eigenvalue weighted by atomic mass is 32.2. The van der Waals surface area contributed by atoms with E-state index in [4.69, 9.17) is 4.74 Å². The lowest BCUT2D eigenvalue weighted by molar-refractivity contribution is 0.102. The summed E-state index contributed by atoms with van der Waals surface area (Å²) in [5.41, 5.74) is 0. The second kappa shape index (κ2) is 7.82. The van der Waals surface area contributed by atoms with Gasteiger partial charge in [0.2, 0.25) is 0 Å². The Morgan fingerprint density at radius 1 is 1.22 bits per heavy atom. The Kier molecular flexibility index (Phi) is 6.05. The first kappa shape index (κ1) is 13.9. The van der Waals surface area contributed by atoms with Gasteiger partial charge in [0, 0.05) is 30.9 Å². The minimum absolute atomic E-state index is 0.785. The zero-order valence-electron chi connectivity index (χ0n) is 11.2. The van der Waals surface area contributed by atoms with E-state index >= 15 is 0 Å². The summed E-state index contributed by atoms with van der Waals surface area (Å²) in [5.74, 6) is 1.98. The second-order valence-corrected chi connectivity index (χ2v) is 6.07. The molecule has 0 amide bonds. The molecule has 0 aliphatic carbocycles. The van der Waals surface area contributed by atoms with Crippen LogP contribution in [0.25, 0.3) is 0 Å². The second-order valence-electron chi connectivity index (χ2n) is 4.90. The van der Waals surface area contributed by atoms with Gasteiger partial charge in [-0.3, -0.25) is 0 Å². The monoisotopic (exact) mass is 265 g/mol. The summed E-state index contributed by atoms with van der Waals surface area (Å²) in [7, 11) is 1.81. The van der Waals surface area contributed by atoms with E-state index in [0.717, 1.165) is 12.5 Å². The standard InChI is InChI=1S/C15H23NOS/c1-17-13-14-7-9-16(10-8-14)11-12-18-15-5-3-2-4-6-15/h2-6,14H,7-13H2,1H3. The zero-order chi connectivity index (χ0) is 12.6. The molecule has 1 aliphatic heterocycles. The van der Waals surface area contributed by atoms with Crippen molar-refractivity contribution in [2.45, 2.75) is 17.7 Å². The molecule has 1 saturated heterocycles. The van der Waals surface area contributed by atoms with Gasteiger partial charge in [-0.1, -0.05) is 18.2 Å². The Bertz CT molecular complexity index is 323. The maximum Gasteiger partial charge on any atom is 0.0491 e. The number of thioether (sulfide) groups is 1. The van der Waals surface area contributed by atoms with Crippen molar-refractivity contribution >= 4 is 11.8 Å². The fourth-order valence-electron chi connectivity index (χ4n) is 2.42. The van der Waals surface area contributed by atoms with Gasteiger partial charge < -0.3 is 9.64 Å². The van der Waals surface area contributed by atoms with E-state index in [2.05, 4.69) is 35.2 Å². The number of hydrogen-bond acceptors (Lipinski definition) is 3. The van der Waals surface area contributed by atoms with Crippen LogP contribution in [0.4, 0.5) is 0 Å². The molecule has 100 valence electrons. The van der Waals surface area contributed by atoms with Gasteiger partial charge in [-0.2, -0.15) is 0 Å². The Morgan fingerprint density at radius 3 is 2.61 bits per heavy atom. The molecule has 0 aromatic heterocycles. The first-order chi connectivity index (χ1) is 8.88. The van der Waals surface area contributed by atoms with Crippen LogP contribution in [0.1, 0.15) is 12.8 Å². The molecule has 0 saturated carbocycles. The van der Waals surface area contributed by atoms with Gasteiger partial charge in [-0.15, -0.1) is 11.8 Å². The number of benzene rings is 1. The van der Waals surface area contributed by atoms with E-state index in [0.29, 0.717) is 0 Å². The highest BCUT2D eigenvalue weighted by Crippen LogP contribution is 2.20. The molecule has 0 atom stereocenters. The molecular weight excluding hydrogens is 242 g/mol. The number of nitrogens with zero attached hydrogens (tertiary/aromatic N) is 1. The third-order valence-corrected chi connectivity index (χ3v) is 4.52. The van der Waals surface area contributed by atoms with Crippen molar-refractivity contribution in [2.75, 3.05) is 39.1 Å². The number of rotatable bonds is 6. The summed E-state index contributed by atoms with van der Waals surface area (Å²) >= 11 is 1.96. The minimum atomic E-state index is 0.785. The molecule has 18 heavy (non-hydrogen) atoms. The van der Waals surface area contributed by atoms with Crippen LogP contribution in [-0.4, -0.2) is 44.0 Å². The highest BCUT2D eigenvalue weighted by Gasteiger charge is 2.18. The molecule has 0 N–H and O–H groups in total. The minimum Gasteiger partial charge on any atom is -0.384 e. The van der Waals surface area contributed by atoms with Gasteiger partial charge in [0.1, 0.15) is 0 Å². The lowest BCUT2D eigenvalue weighted by Crippen LogP contribution is -2.36. The predicted octanol–water partition coefficient (Wildman–Crippen LogP) is 3.14. The molecule has 1 fully saturated rings. The SMILES string of the molecule is COCC1CCN(CCSc2ccccc2)CC1. The van der Waals surface area contributed by atoms with E-state index in [1.165, 1.54) is 43.1 Å². The Balaban J connectivity index is 1.61. The molecule has 2 nitrogen and oxygen atoms in total. The van der Waals surface area contributed by atoms with Crippen molar-refractivity contribution in [3.63, 3.8) is 0 Å². The molecule has 1 aromatic rings. The molecule has 1 aromatic carbocycles. The van der Waals surface area contributed by atoms with Crippen molar-refractivity contribution in [1.82, 2.24) is 4.90 Å². The van der Waals surface area contributed by atoms with Crippen LogP contribution in [0, 0.1) is 5.92 Å². The maximum absolute atomic E-state index is 5.23. The van der Waals surface area contributed by atoms with Gasteiger partial charge in [0.05, 0.1) is 0 Å². The van der Waals surface area contributed by atoms with Crippen LogP contribution in [0.2, 0.25) is 0 Å². The number of methoxy groups -OCH3 is 1. The van der Waals surface area contributed by atoms with Gasteiger partial charge in [-0.05, 0) is 44.0 Å². The molecule has 1 aliphatic rings. The summed E-state index contributed by atoms with van der Waals surface area (Å²) in [6.45, 7) is 4.62. The largest absolute Gasteiger partial charge is 0.384 e. The van der Waals surface area contributed by atoms with E-state index < -0.39 is 0 Å². The van der Waals surface area contributed by atoms with Gasteiger partial charge in [0.25, 0.3) is 0 Å². The Labute approximate surface area is 115 Å². The van der Waals surface area contributed by atoms with E-state index in [1.807, 2.05) is 18.9 Å². The average molecular weight is 265 g/mol. The highest BCUT2D eigenvalue weighted by molar-refractivity contribution is 7.99. The van der Waals surface area contributed by atoms with Crippen molar-refractivity contribution in [1.29, 1.82) is 0 Å². The summed E-state index contributed by atoms with van der Waals surface area (Å²) < 4.78 is 5.23. The summed E-state index contributed by atoms with van der Waals surface area (Å²) in [5, 5.41) is 0. The molecular formula is C15H23NOS. The number of likely N-dealkylation sites (tertiary alicyclic amines) is 1. The molecule has 0 radical (unpaired) electrons. The van der Waals surface area contributed by atoms with Crippen LogP contribution in [0.15, 0.2) is 35.2 Å². The number of ether oxygens (including phenoxy) is 1. The quantitative estimate of drug-likeness (QED) is 0.733. The van der Waals surface area contributed by atoms with Crippen molar-refractivity contribution in [2.24, 2.45) is 5.92 Å². The van der Waals surface area contributed by atoms with Crippen molar-refractivity contribution < 1.29 is 4.74 Å². The van der Waals surface area contributed by atoms with Gasteiger partial charge in [-0.25, -0.2) is 0 Å². The molecule has 0 spiro atoms. The Morgan fingerprint density at radius 2 is 1.94 bits per heavy atom. The fourth-order valence-corrected chi connectivity index (χ4v) is 3.36. The normalized spacial score (nSPS) is 18.1. The van der Waals surface area contributed by atoms with E-state index in [1.54, 1.807) is 0 Å². The van der Waals surface area contributed by atoms with Gasteiger partial charge in [0.15, 0.2) is 0 Å². The Hall–Kier alpha value is -0.510. The van der Waals surface area contributed by atoms with Crippen LogP contribution in [0.3, 0.4) is 0 Å². The van der Waals surface area contributed by atoms with E-state index in [-0.39, 0.29) is 0 Å². The third-order valence-electron chi connectivity index (χ3n) is 3.53. The van der Waals surface area contributed by atoms with Crippen molar-refractivity contribution in [3.8, 4) is 0 Å². The molecule has 0 bridgehead atoms. The predicted molar refractivity (Wildman–Crippen MR) is 78.2 cm³/mol. The first-order valence-electron chi connectivity index (χ1n) is 6.77. The van der Waals surface area contributed by atoms with Crippen LogP contribution < -0.4 is 0 Å². The molecule has 0 unspecified atom stereocenters. The lowest BCUT2D eigenvalue weighted by atomic mass is 9.98. The number of piperidine rings is 1. The maximum atomic E-state index is 5.23. The third kappa shape index (κ3) is 4.63. The fraction of sp³-hybridized carbons (Fsp3) is 0.600. The smallest absolute Gasteiger partial charge is 0.0491 e. The molecule has 1 heterocycles. The first-order valence-corrected chi connectivity index (χ1v) is 7.76. The van der Waals surface area contributed by atoms with Crippen LogP contribution in [-0.2, 0) is 4.74 Å². The topological polar surface area (TPSA) is 12.5 Å². The summed E-state index contributed by atoms with van der Waals surface area (Å²) in [6.07, 6.45) is 2.59. The molecule has 3 heteroatoms. The summed E-state index contributed by atoms with van der Waals surface area (Å²) in [6, 6.07) is 10.7. The van der Waals surface area contributed by atoms with E-state index in [9.17, 15) is 0 Å². The number of hydrogen-bond donors (Lipinski definition) is 0. The summed E-state index contributed by atoms with van der Waals surface area (Å²) in [4.78, 5) is 3.97. The lowest BCUT2D eigenvalue weighted by Gasteiger charge is -2.31. The van der Waals surface area contributed by atoms with Crippen molar-refractivity contribution in [3.05, 3.63) is 30.3 Å². The van der Waals surface area contributed by atoms with Gasteiger partial charge >= 0.3 is 0 Å². The molecule has 2 rings (SSSR count). The zero-order valence-corrected chi connectivity index (χ0v) is 12.0. The van der Waals surface area contributed by atoms with Crippen LogP contribution in [0.5, 0.6) is 0 Å². The van der Waals surface area contributed by atoms with Crippen LogP contribution >= 0.6 is 11.8 Å². The average Bonchev–Trinajstić information content (AvgIpc) is 2.42.